The number of nitrogens with one attached hydrogen (secondary N) is 3. The van der Waals surface area contributed by atoms with E-state index in [1.54, 1.807) is 11.9 Å². The van der Waals surface area contributed by atoms with Gasteiger partial charge in [0.1, 0.15) is 10.5 Å². The van der Waals surface area contributed by atoms with Crippen LogP contribution in [0, 0.1) is 33.5 Å². The molecule has 1 amide bonds. The molecule has 10 nitrogen and oxygen atoms in total. The van der Waals surface area contributed by atoms with Crippen LogP contribution in [-0.4, -0.2) is 68.2 Å². The Bertz CT molecular complexity index is 1320. The SMILES string of the molecule is CC(C)C(=O)N1CCC(c2cc(SNC3(C)CC3)cn3c(C(=N)SC(=N)C4(C#N)CC4)nc(Cl)c23)CC1.CN.CO. The number of aliphatic hydroxyl groups excluding tert-OH is 1. The number of carbonyl (C=O) groups is 1. The van der Waals surface area contributed by atoms with Crippen LogP contribution in [0.5, 0.6) is 0 Å². The zero-order chi connectivity index (χ0) is 30.5. The molecule has 0 radical (unpaired) electrons. The molecule has 5 rings (SSSR count). The lowest BCUT2D eigenvalue weighted by atomic mass is 9.89. The summed E-state index contributed by atoms with van der Waals surface area (Å²) >= 11 is 9.29. The lowest BCUT2D eigenvalue weighted by Gasteiger charge is -2.33. The van der Waals surface area contributed by atoms with Crippen LogP contribution >= 0.6 is 35.3 Å². The molecule has 2 aliphatic carbocycles. The molecule has 13 heteroatoms. The van der Waals surface area contributed by atoms with Gasteiger partial charge in [-0.15, -0.1) is 0 Å². The Kier molecular flexibility index (Phi) is 11.3. The van der Waals surface area contributed by atoms with E-state index in [0.29, 0.717) is 36.9 Å². The van der Waals surface area contributed by atoms with E-state index in [2.05, 4.69) is 34.5 Å². The molecule has 1 saturated heterocycles. The molecule has 224 valence electrons. The molecule has 3 heterocycles. The lowest BCUT2D eigenvalue weighted by Crippen LogP contribution is -2.40. The molecule has 0 bridgehead atoms. The number of piperidine rings is 1. The van der Waals surface area contributed by atoms with Crippen LogP contribution in [0.25, 0.3) is 5.52 Å². The van der Waals surface area contributed by atoms with Gasteiger partial charge in [0.25, 0.3) is 0 Å². The van der Waals surface area contributed by atoms with E-state index in [9.17, 15) is 10.1 Å². The number of hydrogen-bond donors (Lipinski definition) is 5. The van der Waals surface area contributed by atoms with E-state index in [0.717, 1.165) is 60.5 Å². The maximum atomic E-state index is 12.5. The molecular formula is C28H41ClN8O2S2. The Balaban J connectivity index is 0.00000111. The molecule has 2 aromatic rings. The molecule has 41 heavy (non-hydrogen) atoms. The number of nitriles is 1. The molecule has 0 atom stereocenters. The maximum absolute atomic E-state index is 12.5. The minimum absolute atomic E-state index is 0.0114. The normalized spacial score (nSPS) is 18.5. The summed E-state index contributed by atoms with van der Waals surface area (Å²) in [5, 5.41) is 34.3. The van der Waals surface area contributed by atoms with E-state index in [1.165, 1.54) is 7.05 Å². The van der Waals surface area contributed by atoms with Crippen molar-refractivity contribution in [3.8, 4) is 6.07 Å². The first-order valence-electron chi connectivity index (χ1n) is 13.8. The number of amides is 1. The van der Waals surface area contributed by atoms with Crippen molar-refractivity contribution in [2.75, 3.05) is 27.2 Å². The van der Waals surface area contributed by atoms with Gasteiger partial charge in [0.2, 0.25) is 5.91 Å². The first-order valence-corrected chi connectivity index (χ1v) is 15.8. The van der Waals surface area contributed by atoms with Crippen molar-refractivity contribution in [2.24, 2.45) is 17.1 Å². The molecule has 3 aliphatic rings. The first-order chi connectivity index (χ1) is 19.6. The number of aromatic nitrogens is 2. The van der Waals surface area contributed by atoms with Crippen LogP contribution in [0.1, 0.15) is 76.6 Å². The summed E-state index contributed by atoms with van der Waals surface area (Å²) in [4.78, 5) is 20.1. The number of fused-ring (bicyclic) bond motifs is 1. The van der Waals surface area contributed by atoms with Crippen molar-refractivity contribution in [3.05, 3.63) is 28.8 Å². The van der Waals surface area contributed by atoms with E-state index < -0.39 is 5.41 Å². The van der Waals surface area contributed by atoms with Crippen molar-refractivity contribution in [1.29, 1.82) is 16.1 Å². The summed E-state index contributed by atoms with van der Waals surface area (Å²) in [5.74, 6) is 0.782. The van der Waals surface area contributed by atoms with Crippen LogP contribution in [0.2, 0.25) is 5.15 Å². The minimum Gasteiger partial charge on any atom is -0.400 e. The zero-order valence-corrected chi connectivity index (χ0v) is 26.8. The van der Waals surface area contributed by atoms with E-state index in [-0.39, 0.29) is 33.4 Å². The van der Waals surface area contributed by atoms with Crippen molar-refractivity contribution in [1.82, 2.24) is 19.0 Å². The Labute approximate surface area is 255 Å². The van der Waals surface area contributed by atoms with Crippen LogP contribution in [0.4, 0.5) is 0 Å². The Hall–Kier alpha value is -2.14. The predicted molar refractivity (Wildman–Crippen MR) is 168 cm³/mol. The maximum Gasteiger partial charge on any atom is 0.225 e. The highest BCUT2D eigenvalue weighted by Gasteiger charge is 2.48. The molecule has 0 aromatic carbocycles. The number of nitrogens with zero attached hydrogens (tertiary/aromatic N) is 4. The number of likely N-dealkylation sites (tertiary alicyclic amines) is 1. The summed E-state index contributed by atoms with van der Waals surface area (Å²) in [6.45, 7) is 7.50. The van der Waals surface area contributed by atoms with Gasteiger partial charge < -0.3 is 15.7 Å². The predicted octanol–water partition coefficient (Wildman–Crippen LogP) is 5.02. The highest BCUT2D eigenvalue weighted by Crippen LogP contribution is 2.49. The third-order valence-electron chi connectivity index (χ3n) is 7.66. The second-order valence-corrected chi connectivity index (χ2v) is 13.3. The Morgan fingerprint density at radius 3 is 2.37 bits per heavy atom. The Morgan fingerprint density at radius 1 is 1.24 bits per heavy atom. The summed E-state index contributed by atoms with van der Waals surface area (Å²) in [6.07, 6.45) is 7.26. The quantitative estimate of drug-likeness (QED) is 0.163. The molecule has 0 spiro atoms. The van der Waals surface area contributed by atoms with Crippen LogP contribution in [0.3, 0.4) is 0 Å². The third kappa shape index (κ3) is 7.45. The number of imidazole rings is 1. The van der Waals surface area contributed by atoms with E-state index in [4.69, 9.17) is 27.5 Å². The van der Waals surface area contributed by atoms with Crippen molar-refractivity contribution in [3.63, 3.8) is 0 Å². The Morgan fingerprint density at radius 2 is 1.85 bits per heavy atom. The fraction of sp³-hybridized carbons (Fsp3) is 0.607. The van der Waals surface area contributed by atoms with Crippen molar-refractivity contribution in [2.45, 2.75) is 75.6 Å². The van der Waals surface area contributed by atoms with Gasteiger partial charge in [-0.25, -0.2) is 4.98 Å². The van der Waals surface area contributed by atoms with Crippen LogP contribution in [-0.2, 0) is 4.79 Å². The molecule has 1 aliphatic heterocycles. The summed E-state index contributed by atoms with van der Waals surface area (Å²) in [6, 6.07) is 4.41. The molecule has 6 N–H and O–H groups in total. The second kappa shape index (κ2) is 13.9. The number of nitrogens with two attached hydrogens (primary N) is 1. The first kappa shape index (κ1) is 33.4. The van der Waals surface area contributed by atoms with Gasteiger partial charge in [0.05, 0.1) is 16.6 Å². The number of halogens is 1. The standard InChI is InChI=1S/C26H32ClN7OS2.CH5N.CH4O/c1-15(2)23(35)33-10-4-16(5-11-33)18-12-17(37-32-25(3)6-7-25)13-34-19(18)20(27)31-22(34)21(29)36-24(30)26(14-28)8-9-26;2*1-2/h12-13,15-16,29-30,32H,4-11H2,1-3H3;2H2,1H3;2H,1H3. The fourth-order valence-electron chi connectivity index (χ4n) is 4.71. The van der Waals surface area contributed by atoms with Gasteiger partial charge in [-0.1, -0.05) is 37.2 Å². The average molecular weight is 621 g/mol. The van der Waals surface area contributed by atoms with Gasteiger partial charge in [-0.2, -0.15) is 5.26 Å². The molecule has 2 saturated carbocycles. The molecular weight excluding hydrogens is 580 g/mol. The summed E-state index contributed by atoms with van der Waals surface area (Å²) in [5.41, 5.74) is 5.76. The van der Waals surface area contributed by atoms with Crippen molar-refractivity contribution < 1.29 is 9.90 Å². The topological polar surface area (TPSA) is 167 Å². The zero-order valence-electron chi connectivity index (χ0n) is 24.4. The number of thioether (sulfide) groups is 1. The minimum atomic E-state index is -0.745. The van der Waals surface area contributed by atoms with Crippen molar-refractivity contribution >= 4 is 56.8 Å². The number of hydrogen-bond acceptors (Lipinski definition) is 10. The number of rotatable bonds is 7. The van der Waals surface area contributed by atoms with Crippen LogP contribution < -0.4 is 10.5 Å². The molecule has 3 fully saturated rings. The largest absolute Gasteiger partial charge is 0.400 e. The monoisotopic (exact) mass is 620 g/mol. The van der Waals surface area contributed by atoms with Gasteiger partial charge in [0, 0.05) is 42.7 Å². The number of pyridine rings is 1. The van der Waals surface area contributed by atoms with Gasteiger partial charge in [-0.05, 0) is 82.0 Å². The number of aliphatic hydroxyl groups is 1. The molecule has 2 aromatic heterocycles. The van der Waals surface area contributed by atoms with Crippen LogP contribution in [0.15, 0.2) is 17.2 Å². The van der Waals surface area contributed by atoms with E-state index >= 15 is 0 Å². The number of carbonyl (C=O) groups excluding carboxylic acids is 1. The third-order valence-corrected chi connectivity index (χ3v) is 9.96. The summed E-state index contributed by atoms with van der Waals surface area (Å²) < 4.78 is 5.46. The molecule has 0 unspecified atom stereocenters. The van der Waals surface area contributed by atoms with Gasteiger partial charge >= 0.3 is 0 Å². The van der Waals surface area contributed by atoms with Gasteiger partial charge in [0.15, 0.2) is 11.0 Å². The highest BCUT2D eigenvalue weighted by atomic mass is 35.5. The average Bonchev–Trinajstić information content (AvgIpc) is 3.92. The second-order valence-electron chi connectivity index (χ2n) is 11.0. The fourth-order valence-corrected chi connectivity index (χ4v) is 6.79. The van der Waals surface area contributed by atoms with Gasteiger partial charge in [-0.3, -0.25) is 24.7 Å². The highest BCUT2D eigenvalue weighted by molar-refractivity contribution is 8.26. The lowest BCUT2D eigenvalue weighted by molar-refractivity contribution is -0.135. The van der Waals surface area contributed by atoms with E-state index in [1.807, 2.05) is 29.3 Å². The smallest absolute Gasteiger partial charge is 0.225 e. The summed E-state index contributed by atoms with van der Waals surface area (Å²) in [7, 11) is 2.50.